The van der Waals surface area contributed by atoms with E-state index in [1.807, 2.05) is 185 Å². The Morgan fingerprint density at radius 3 is 1.05 bits per heavy atom. The van der Waals surface area contributed by atoms with Crippen molar-refractivity contribution in [3.63, 3.8) is 0 Å². The first-order valence-electron chi connectivity index (χ1n) is 19.8. The zero-order valence-electron chi connectivity index (χ0n) is 33.2. The van der Waals surface area contributed by atoms with E-state index < -0.39 is 40.5 Å². The van der Waals surface area contributed by atoms with Gasteiger partial charge in [0.25, 0.3) is 0 Å². The molecule has 0 aliphatic heterocycles. The first-order chi connectivity index (χ1) is 27.4. The molecule has 2 atom stereocenters. The van der Waals surface area contributed by atoms with Gasteiger partial charge in [-0.2, -0.15) is 0 Å². The van der Waals surface area contributed by atoms with Gasteiger partial charge in [0.1, 0.15) is 16.6 Å². The maximum Gasteiger partial charge on any atom is 0.239 e. The van der Waals surface area contributed by atoms with E-state index in [9.17, 15) is 15.0 Å². The van der Waals surface area contributed by atoms with Crippen LogP contribution < -0.4 is 5.73 Å². The highest BCUT2D eigenvalue weighted by Gasteiger charge is 2.62. The summed E-state index contributed by atoms with van der Waals surface area (Å²) in [5.74, 6) is -1.22. The van der Waals surface area contributed by atoms with Crippen molar-refractivity contribution in [2.24, 2.45) is 11.1 Å². The molecule has 1 aliphatic carbocycles. The number of carbonyl (C=O) groups is 2. The SMILES string of the molecule is Cc1ccc(C(O)(c2ccc(C)cc2)C(Cc2ccccc2)N(C(=O)C2(C(N)=O)CC2)C(Cc2ccccc2)C(O)(c2ccc(C)cc2)c2ccc(C)cc2)cc1. The fraction of sp³-hybridized carbons (Fsp3) is 0.255. The summed E-state index contributed by atoms with van der Waals surface area (Å²) in [6.07, 6.45) is 0.912. The lowest BCUT2D eigenvalue weighted by molar-refractivity contribution is -0.161. The summed E-state index contributed by atoms with van der Waals surface area (Å²) < 4.78 is 0. The second-order valence-electron chi connectivity index (χ2n) is 16.1. The number of hydrogen-bond acceptors (Lipinski definition) is 4. The van der Waals surface area contributed by atoms with Crippen molar-refractivity contribution in [2.75, 3.05) is 0 Å². The van der Waals surface area contributed by atoms with Gasteiger partial charge in [0.2, 0.25) is 11.8 Å². The maximum absolute atomic E-state index is 16.0. The van der Waals surface area contributed by atoms with Crippen molar-refractivity contribution < 1.29 is 19.8 Å². The molecule has 6 heteroatoms. The number of primary amides is 1. The molecule has 6 aromatic rings. The number of hydrogen-bond donors (Lipinski definition) is 3. The Bertz CT molecular complexity index is 2060. The van der Waals surface area contributed by atoms with Crippen LogP contribution in [0.5, 0.6) is 0 Å². The van der Waals surface area contributed by atoms with Crippen LogP contribution in [0, 0.1) is 33.1 Å². The van der Waals surface area contributed by atoms with Crippen LogP contribution >= 0.6 is 0 Å². The minimum atomic E-state index is -1.85. The van der Waals surface area contributed by atoms with Crippen molar-refractivity contribution in [2.45, 2.75) is 76.7 Å². The van der Waals surface area contributed by atoms with Gasteiger partial charge in [-0.15, -0.1) is 0 Å². The molecule has 290 valence electrons. The molecule has 0 heterocycles. The highest BCUT2D eigenvalue weighted by atomic mass is 16.3. The van der Waals surface area contributed by atoms with Crippen LogP contribution in [0.1, 0.15) is 68.5 Å². The second kappa shape index (κ2) is 16.0. The molecule has 0 aromatic heterocycles. The van der Waals surface area contributed by atoms with Crippen molar-refractivity contribution in [1.82, 2.24) is 4.90 Å². The number of nitrogens with two attached hydrogens (primary N) is 1. The highest BCUT2D eigenvalue weighted by Crippen LogP contribution is 2.52. The van der Waals surface area contributed by atoms with E-state index in [-0.39, 0.29) is 25.7 Å². The predicted octanol–water partition coefficient (Wildman–Crippen LogP) is 8.41. The zero-order chi connectivity index (χ0) is 40.4. The normalized spacial score (nSPS) is 14.7. The molecule has 0 spiro atoms. The summed E-state index contributed by atoms with van der Waals surface area (Å²) in [5.41, 5.74) is 9.08. The average molecular weight is 757 g/mol. The van der Waals surface area contributed by atoms with Gasteiger partial charge in [0.05, 0.1) is 12.1 Å². The summed E-state index contributed by atoms with van der Waals surface area (Å²) >= 11 is 0. The molecule has 57 heavy (non-hydrogen) atoms. The van der Waals surface area contributed by atoms with Crippen LogP contribution in [0.2, 0.25) is 0 Å². The Labute approximate surface area is 336 Å². The minimum absolute atomic E-state index is 0.183. The molecule has 1 fully saturated rings. The largest absolute Gasteiger partial charge is 0.378 e. The number of aliphatic hydroxyl groups is 2. The summed E-state index contributed by atoms with van der Waals surface area (Å²) in [7, 11) is 0. The number of aryl methyl sites for hydroxylation is 4. The van der Waals surface area contributed by atoms with Crippen molar-refractivity contribution in [3.05, 3.63) is 213 Å². The number of rotatable bonds is 14. The minimum Gasteiger partial charge on any atom is -0.378 e. The molecule has 0 saturated heterocycles. The maximum atomic E-state index is 16.0. The van der Waals surface area contributed by atoms with E-state index in [2.05, 4.69) is 0 Å². The molecular weight excluding hydrogens is 705 g/mol. The number of carbonyl (C=O) groups excluding carboxylic acids is 2. The number of nitrogens with zero attached hydrogens (tertiary/aromatic N) is 1. The molecule has 6 nitrogen and oxygen atoms in total. The Balaban J connectivity index is 1.61. The molecule has 7 rings (SSSR count). The third-order valence-corrected chi connectivity index (χ3v) is 12.0. The van der Waals surface area contributed by atoms with Gasteiger partial charge in [-0.3, -0.25) is 9.59 Å². The Morgan fingerprint density at radius 1 is 0.526 bits per heavy atom. The fourth-order valence-corrected chi connectivity index (χ4v) is 8.34. The van der Waals surface area contributed by atoms with Crippen LogP contribution in [0.15, 0.2) is 158 Å². The van der Waals surface area contributed by atoms with Gasteiger partial charge in [-0.1, -0.05) is 180 Å². The van der Waals surface area contributed by atoms with Crippen LogP contribution in [0.4, 0.5) is 0 Å². The molecule has 2 unspecified atom stereocenters. The van der Waals surface area contributed by atoms with Gasteiger partial charge in [-0.25, -0.2) is 0 Å². The van der Waals surface area contributed by atoms with Gasteiger partial charge >= 0.3 is 0 Å². The van der Waals surface area contributed by atoms with Crippen molar-refractivity contribution in [3.8, 4) is 0 Å². The topological polar surface area (TPSA) is 104 Å². The predicted molar refractivity (Wildman–Crippen MR) is 226 cm³/mol. The van der Waals surface area contributed by atoms with Gasteiger partial charge < -0.3 is 20.8 Å². The average Bonchev–Trinajstić information content (AvgIpc) is 4.04. The van der Waals surface area contributed by atoms with Crippen LogP contribution in [-0.4, -0.2) is 39.0 Å². The summed E-state index contributed by atoms with van der Waals surface area (Å²) in [5, 5.41) is 28.0. The third-order valence-electron chi connectivity index (χ3n) is 12.0. The molecule has 4 N–H and O–H groups in total. The Hall–Kier alpha value is -5.82. The van der Waals surface area contributed by atoms with Gasteiger partial charge in [0.15, 0.2) is 0 Å². The van der Waals surface area contributed by atoms with Crippen molar-refractivity contribution >= 4 is 11.8 Å². The molecule has 0 radical (unpaired) electrons. The van der Waals surface area contributed by atoms with E-state index in [1.54, 1.807) is 4.90 Å². The monoisotopic (exact) mass is 756 g/mol. The Morgan fingerprint density at radius 2 is 0.807 bits per heavy atom. The summed E-state index contributed by atoms with van der Waals surface area (Å²) in [6.45, 7) is 7.98. The Kier molecular flexibility index (Phi) is 11.0. The van der Waals surface area contributed by atoms with Crippen molar-refractivity contribution in [1.29, 1.82) is 0 Å². The third kappa shape index (κ3) is 7.68. The molecular formula is C51H52N2O4. The molecule has 0 bridgehead atoms. The lowest BCUT2D eigenvalue weighted by Crippen LogP contribution is -2.66. The summed E-state index contributed by atoms with van der Waals surface area (Å²) in [4.78, 5) is 31.2. The molecule has 1 aliphatic rings. The van der Waals surface area contributed by atoms with E-state index in [1.165, 1.54) is 0 Å². The number of benzene rings is 6. The molecule has 1 saturated carbocycles. The second-order valence-corrected chi connectivity index (χ2v) is 16.1. The highest BCUT2D eigenvalue weighted by molar-refractivity contribution is 6.07. The van der Waals surface area contributed by atoms with E-state index >= 15 is 4.79 Å². The quantitative estimate of drug-likeness (QED) is 0.0972. The fourth-order valence-electron chi connectivity index (χ4n) is 8.34. The van der Waals surface area contributed by atoms with Crippen LogP contribution in [0.3, 0.4) is 0 Å². The molecule has 2 amide bonds. The van der Waals surface area contributed by atoms with E-state index in [4.69, 9.17) is 5.73 Å². The molecule has 6 aromatic carbocycles. The smallest absolute Gasteiger partial charge is 0.239 e. The van der Waals surface area contributed by atoms with E-state index in [0.29, 0.717) is 22.3 Å². The first-order valence-corrected chi connectivity index (χ1v) is 19.8. The lowest BCUT2D eigenvalue weighted by Gasteiger charge is -2.52. The lowest BCUT2D eigenvalue weighted by atomic mass is 9.71. The van der Waals surface area contributed by atoms with Gasteiger partial charge in [0, 0.05) is 0 Å². The first kappa shape index (κ1) is 39.4. The summed E-state index contributed by atoms with van der Waals surface area (Å²) in [6, 6.07) is 48.4. The standard InChI is InChI=1S/C51H52N2O4/c1-35-15-23-41(24-16-35)50(56,42-25-17-36(2)18-26-42)45(33-39-11-7-5-8-12-39)53(48(55)49(31-32-49)47(52)54)46(34-40-13-9-6-10-14-40)51(57,43-27-19-37(3)20-28-43)44-29-21-38(4)22-30-44/h5-30,45-46,56-57H,31-34H2,1-4H3,(H2,52,54). The van der Waals surface area contributed by atoms with Gasteiger partial charge in [-0.05, 0) is 86.8 Å². The van der Waals surface area contributed by atoms with Crippen LogP contribution in [0.25, 0.3) is 0 Å². The van der Waals surface area contributed by atoms with Crippen LogP contribution in [-0.2, 0) is 33.6 Å². The number of amides is 2. The zero-order valence-corrected chi connectivity index (χ0v) is 33.2. The van der Waals surface area contributed by atoms with E-state index in [0.717, 1.165) is 33.4 Å².